The van der Waals surface area contributed by atoms with Crippen LogP contribution < -0.4 is 0 Å². The van der Waals surface area contributed by atoms with Crippen LogP contribution in [0.5, 0.6) is 0 Å². The van der Waals surface area contributed by atoms with Crippen LogP contribution in [-0.2, 0) is 10.0 Å². The maximum atomic E-state index is 13.6. The van der Waals surface area contributed by atoms with Gasteiger partial charge >= 0.3 is 0 Å². The molecule has 172 valence electrons. The van der Waals surface area contributed by atoms with Crippen LogP contribution in [0.3, 0.4) is 0 Å². The molecule has 1 heterocycles. The molecule has 5 nitrogen and oxygen atoms in total. The normalized spacial score (nSPS) is 17.1. The van der Waals surface area contributed by atoms with E-state index in [0.717, 1.165) is 17.2 Å². The standard InChI is InChI=1S/C26H27FN2O3S/c1-28(33(31,32)23-13-7-11-21(27)19-23)22-12-8-17-29(18-16-22)26(30)25-15-6-5-14-24(25)20-9-3-2-4-10-20/h2-7,9-11,13-15,19,22H,8,12,16-18H2,1H3/t22-/m0/s1. The summed E-state index contributed by atoms with van der Waals surface area (Å²) in [5.74, 6) is -0.634. The predicted molar refractivity (Wildman–Crippen MR) is 127 cm³/mol. The lowest BCUT2D eigenvalue weighted by Gasteiger charge is -2.27. The first kappa shape index (κ1) is 23.1. The molecule has 33 heavy (non-hydrogen) atoms. The third kappa shape index (κ3) is 4.99. The Morgan fingerprint density at radius 2 is 1.67 bits per heavy atom. The van der Waals surface area contributed by atoms with Gasteiger partial charge in [-0.25, -0.2) is 12.8 Å². The number of rotatable bonds is 5. The number of nitrogens with zero attached hydrogens (tertiary/aromatic N) is 2. The third-order valence-electron chi connectivity index (χ3n) is 6.21. The molecule has 1 atom stereocenters. The Balaban J connectivity index is 1.51. The second-order valence-corrected chi connectivity index (χ2v) is 10.3. The van der Waals surface area contributed by atoms with Gasteiger partial charge in [0.2, 0.25) is 10.0 Å². The van der Waals surface area contributed by atoms with Crippen molar-refractivity contribution in [2.45, 2.75) is 30.2 Å². The summed E-state index contributed by atoms with van der Waals surface area (Å²) < 4.78 is 41.0. The van der Waals surface area contributed by atoms with Crippen molar-refractivity contribution in [1.29, 1.82) is 0 Å². The second-order valence-electron chi connectivity index (χ2n) is 8.27. The Labute approximate surface area is 194 Å². The molecule has 0 radical (unpaired) electrons. The number of carbonyl (C=O) groups excluding carboxylic acids is 1. The van der Waals surface area contributed by atoms with E-state index >= 15 is 0 Å². The van der Waals surface area contributed by atoms with E-state index in [1.165, 1.54) is 29.6 Å². The van der Waals surface area contributed by atoms with Crippen LogP contribution in [0.15, 0.2) is 83.8 Å². The third-order valence-corrected chi connectivity index (χ3v) is 8.12. The minimum atomic E-state index is -3.82. The highest BCUT2D eigenvalue weighted by Gasteiger charge is 2.31. The minimum Gasteiger partial charge on any atom is -0.339 e. The van der Waals surface area contributed by atoms with E-state index in [2.05, 4.69) is 0 Å². The molecule has 0 bridgehead atoms. The molecule has 1 fully saturated rings. The lowest BCUT2D eigenvalue weighted by molar-refractivity contribution is 0.0760. The van der Waals surface area contributed by atoms with E-state index in [1.54, 1.807) is 0 Å². The summed E-state index contributed by atoms with van der Waals surface area (Å²) >= 11 is 0. The average molecular weight is 467 g/mol. The summed E-state index contributed by atoms with van der Waals surface area (Å²) in [6, 6.07) is 22.2. The minimum absolute atomic E-state index is 0.0502. The van der Waals surface area contributed by atoms with Crippen molar-refractivity contribution >= 4 is 15.9 Å². The van der Waals surface area contributed by atoms with Crippen LogP contribution in [0.25, 0.3) is 11.1 Å². The number of hydrogen-bond acceptors (Lipinski definition) is 3. The number of benzene rings is 3. The molecule has 0 spiro atoms. The maximum absolute atomic E-state index is 13.6. The van der Waals surface area contributed by atoms with Crippen LogP contribution in [0.2, 0.25) is 0 Å². The Hall–Kier alpha value is -3.03. The van der Waals surface area contributed by atoms with Gasteiger partial charge in [0, 0.05) is 31.7 Å². The number of hydrogen-bond donors (Lipinski definition) is 0. The van der Waals surface area contributed by atoms with Crippen LogP contribution in [0.4, 0.5) is 4.39 Å². The lowest BCUT2D eigenvalue weighted by atomic mass is 9.99. The molecule has 7 heteroatoms. The van der Waals surface area contributed by atoms with Gasteiger partial charge in [-0.2, -0.15) is 4.31 Å². The Morgan fingerprint density at radius 3 is 2.42 bits per heavy atom. The van der Waals surface area contributed by atoms with Gasteiger partial charge < -0.3 is 4.90 Å². The molecular formula is C26H27FN2O3S. The van der Waals surface area contributed by atoms with Crippen LogP contribution >= 0.6 is 0 Å². The molecule has 1 aliphatic rings. The van der Waals surface area contributed by atoms with Crippen molar-refractivity contribution in [2.24, 2.45) is 0 Å². The molecule has 0 aromatic heterocycles. The number of likely N-dealkylation sites (tertiary alicyclic amines) is 1. The van der Waals surface area contributed by atoms with Crippen molar-refractivity contribution in [1.82, 2.24) is 9.21 Å². The smallest absolute Gasteiger partial charge is 0.254 e. The van der Waals surface area contributed by atoms with Crippen molar-refractivity contribution in [3.8, 4) is 11.1 Å². The lowest BCUT2D eigenvalue weighted by Crippen LogP contribution is -2.38. The van der Waals surface area contributed by atoms with Crippen LogP contribution in [0.1, 0.15) is 29.6 Å². The van der Waals surface area contributed by atoms with Gasteiger partial charge in [0.1, 0.15) is 5.82 Å². The maximum Gasteiger partial charge on any atom is 0.254 e. The monoisotopic (exact) mass is 466 g/mol. The molecule has 3 aromatic rings. The fraction of sp³-hybridized carbons (Fsp3) is 0.269. The number of sulfonamides is 1. The first-order chi connectivity index (χ1) is 15.9. The zero-order valence-corrected chi connectivity index (χ0v) is 19.3. The zero-order chi connectivity index (χ0) is 23.4. The first-order valence-corrected chi connectivity index (χ1v) is 12.5. The van der Waals surface area contributed by atoms with Gasteiger partial charge in [-0.1, -0.05) is 54.6 Å². The highest BCUT2D eigenvalue weighted by molar-refractivity contribution is 7.89. The summed E-state index contributed by atoms with van der Waals surface area (Å²) in [5.41, 5.74) is 2.51. The van der Waals surface area contributed by atoms with E-state index < -0.39 is 15.8 Å². The Morgan fingerprint density at radius 1 is 0.939 bits per heavy atom. The quantitative estimate of drug-likeness (QED) is 0.542. The number of carbonyl (C=O) groups is 1. The summed E-state index contributed by atoms with van der Waals surface area (Å²) in [6.07, 6.45) is 1.84. The number of halogens is 1. The van der Waals surface area contributed by atoms with Gasteiger partial charge in [-0.05, 0) is 54.7 Å². The van der Waals surface area contributed by atoms with E-state index in [9.17, 15) is 17.6 Å². The summed E-state index contributed by atoms with van der Waals surface area (Å²) in [7, 11) is -2.29. The zero-order valence-electron chi connectivity index (χ0n) is 18.5. The van der Waals surface area contributed by atoms with Crippen LogP contribution in [-0.4, -0.2) is 49.7 Å². The second kappa shape index (κ2) is 9.85. The van der Waals surface area contributed by atoms with E-state index in [4.69, 9.17) is 0 Å². The van der Waals surface area contributed by atoms with E-state index in [-0.39, 0.29) is 16.8 Å². The Kier molecular flexibility index (Phi) is 6.91. The van der Waals surface area contributed by atoms with E-state index in [0.29, 0.717) is 37.9 Å². The van der Waals surface area contributed by atoms with Gasteiger partial charge in [0.15, 0.2) is 0 Å². The molecule has 1 saturated heterocycles. The van der Waals surface area contributed by atoms with Gasteiger partial charge in [0.25, 0.3) is 5.91 Å². The van der Waals surface area contributed by atoms with Gasteiger partial charge in [-0.15, -0.1) is 0 Å². The van der Waals surface area contributed by atoms with Crippen LogP contribution in [0, 0.1) is 5.82 Å². The molecule has 3 aromatic carbocycles. The number of amides is 1. The van der Waals surface area contributed by atoms with Crippen molar-refractivity contribution in [3.63, 3.8) is 0 Å². The molecule has 4 rings (SSSR count). The Bertz CT molecular complexity index is 1230. The van der Waals surface area contributed by atoms with Crippen molar-refractivity contribution < 1.29 is 17.6 Å². The first-order valence-electron chi connectivity index (χ1n) is 11.1. The molecule has 1 amide bonds. The fourth-order valence-electron chi connectivity index (χ4n) is 4.34. The molecule has 1 aliphatic heterocycles. The fourth-order valence-corrected chi connectivity index (χ4v) is 5.79. The largest absolute Gasteiger partial charge is 0.339 e. The molecular weight excluding hydrogens is 439 g/mol. The molecule has 0 saturated carbocycles. The SMILES string of the molecule is CN([C@H]1CCCN(C(=O)c2ccccc2-c2ccccc2)CC1)S(=O)(=O)c1cccc(F)c1. The highest BCUT2D eigenvalue weighted by Crippen LogP contribution is 2.27. The van der Waals surface area contributed by atoms with Crippen molar-refractivity contribution in [2.75, 3.05) is 20.1 Å². The topological polar surface area (TPSA) is 57.7 Å². The van der Waals surface area contributed by atoms with Gasteiger partial charge in [0.05, 0.1) is 4.90 Å². The summed E-state index contributed by atoms with van der Waals surface area (Å²) in [4.78, 5) is 15.2. The molecule has 0 aliphatic carbocycles. The predicted octanol–water partition coefficient (Wildman–Crippen LogP) is 4.81. The van der Waals surface area contributed by atoms with Gasteiger partial charge in [-0.3, -0.25) is 4.79 Å². The highest BCUT2D eigenvalue weighted by atomic mass is 32.2. The summed E-state index contributed by atoms with van der Waals surface area (Å²) in [5, 5.41) is 0. The molecule has 0 unspecified atom stereocenters. The molecule has 0 N–H and O–H groups in total. The average Bonchev–Trinajstić information content (AvgIpc) is 3.10. The van der Waals surface area contributed by atoms with E-state index in [1.807, 2.05) is 59.5 Å². The van der Waals surface area contributed by atoms with Crippen molar-refractivity contribution in [3.05, 3.63) is 90.2 Å². The summed E-state index contributed by atoms with van der Waals surface area (Å²) in [6.45, 7) is 1.02.